The maximum atomic E-state index is 12.6. The zero-order valence-electron chi connectivity index (χ0n) is 14.1. The molecule has 3 rings (SSSR count). The highest BCUT2D eigenvalue weighted by Crippen LogP contribution is 2.29. The third-order valence-electron chi connectivity index (χ3n) is 3.48. The number of amides is 6. The van der Waals surface area contributed by atoms with Crippen LogP contribution in [0.25, 0.3) is 0 Å². The van der Waals surface area contributed by atoms with E-state index in [4.69, 9.17) is 39.6 Å². The van der Waals surface area contributed by atoms with E-state index in [1.807, 2.05) is 0 Å². The van der Waals surface area contributed by atoms with E-state index < -0.39 is 23.9 Å². The van der Waals surface area contributed by atoms with Crippen molar-refractivity contribution >= 4 is 64.4 Å². The predicted molar refractivity (Wildman–Crippen MR) is 106 cm³/mol. The molecule has 11 heteroatoms. The summed E-state index contributed by atoms with van der Waals surface area (Å²) in [5.74, 6) is -1.51. The normalized spacial score (nSPS) is 13.2. The molecule has 1 aliphatic heterocycles. The summed E-state index contributed by atoms with van der Waals surface area (Å²) in [6, 6.07) is 9.24. The molecule has 1 saturated heterocycles. The summed E-state index contributed by atoms with van der Waals surface area (Å²) in [6.45, 7) is -0.256. The van der Waals surface area contributed by atoms with Gasteiger partial charge in [-0.15, -0.1) is 0 Å². The Labute approximate surface area is 174 Å². The molecular formula is C17H13Cl3N4O4. The van der Waals surface area contributed by atoms with Crippen molar-refractivity contribution < 1.29 is 19.2 Å². The molecule has 0 radical (unpaired) electrons. The Hall–Kier alpha value is -2.81. The molecule has 8 nitrogen and oxygen atoms in total. The largest absolute Gasteiger partial charge is 0.352 e. The Morgan fingerprint density at radius 1 is 0.893 bits per heavy atom. The average Bonchev–Trinajstić information content (AvgIpc) is 2.89. The topological polar surface area (TPSA) is 127 Å². The molecule has 0 aromatic heterocycles. The van der Waals surface area contributed by atoms with Crippen LogP contribution in [0.5, 0.6) is 0 Å². The van der Waals surface area contributed by atoms with E-state index in [-0.39, 0.29) is 22.2 Å². The number of hydrogen-bond donors (Lipinski definition) is 2. The van der Waals surface area contributed by atoms with Crippen molar-refractivity contribution in [2.45, 2.75) is 0 Å². The fourth-order valence-corrected chi connectivity index (χ4v) is 3.02. The minimum atomic E-state index is -0.850. The van der Waals surface area contributed by atoms with Crippen molar-refractivity contribution in [2.75, 3.05) is 11.4 Å². The van der Waals surface area contributed by atoms with Crippen molar-refractivity contribution in [3.05, 3.63) is 63.1 Å². The van der Waals surface area contributed by atoms with Gasteiger partial charge >= 0.3 is 12.1 Å². The van der Waals surface area contributed by atoms with Crippen molar-refractivity contribution in [1.29, 1.82) is 0 Å². The van der Waals surface area contributed by atoms with Gasteiger partial charge < -0.3 is 11.5 Å². The van der Waals surface area contributed by atoms with E-state index in [1.165, 1.54) is 17.0 Å². The lowest BCUT2D eigenvalue weighted by atomic mass is 10.2. The lowest BCUT2D eigenvalue weighted by Gasteiger charge is -2.17. The minimum Gasteiger partial charge on any atom is -0.352 e. The van der Waals surface area contributed by atoms with Crippen molar-refractivity contribution in [3.8, 4) is 0 Å². The Balaban J connectivity index is 0.000000640. The minimum absolute atomic E-state index is 0.0676. The lowest BCUT2D eigenvalue weighted by molar-refractivity contribution is -0.123. The van der Waals surface area contributed by atoms with Crippen molar-refractivity contribution in [3.63, 3.8) is 0 Å². The zero-order chi connectivity index (χ0) is 21.0. The molecule has 0 spiro atoms. The number of benzene rings is 2. The maximum Gasteiger partial charge on any atom is 0.338 e. The Morgan fingerprint density at radius 3 is 1.89 bits per heavy atom. The van der Waals surface area contributed by atoms with Gasteiger partial charge in [0.05, 0.1) is 15.6 Å². The highest BCUT2D eigenvalue weighted by molar-refractivity contribution is 6.41. The molecule has 6 amide bonds. The zero-order valence-corrected chi connectivity index (χ0v) is 16.3. The van der Waals surface area contributed by atoms with E-state index in [0.717, 1.165) is 0 Å². The number of halogens is 3. The van der Waals surface area contributed by atoms with Gasteiger partial charge in [0.25, 0.3) is 11.8 Å². The number of urea groups is 2. The summed E-state index contributed by atoms with van der Waals surface area (Å²) in [5, 5.41) is 0.628. The third kappa shape index (κ3) is 4.72. The molecule has 1 fully saturated rings. The summed E-state index contributed by atoms with van der Waals surface area (Å²) >= 11 is 17.8. The Bertz CT molecular complexity index is 926. The molecule has 0 unspecified atom stereocenters. The average molecular weight is 444 g/mol. The second-order valence-corrected chi connectivity index (χ2v) is 6.63. The lowest BCUT2D eigenvalue weighted by Crippen LogP contribution is -2.38. The smallest absolute Gasteiger partial charge is 0.338 e. The standard InChI is InChI=1S/C16H9Cl3N2O3.CH4N2O/c17-9-4-6-10(7-5-9)20-8-13(22)21(16(20)24)15(23)14-11(18)2-1-3-12(14)19;2-1(3)4/h1-7H,8H2;(H4,2,3,4). The first-order valence-corrected chi connectivity index (χ1v) is 8.70. The first-order chi connectivity index (χ1) is 13.1. The summed E-state index contributed by atoms with van der Waals surface area (Å²) in [7, 11) is 0. The van der Waals surface area contributed by atoms with E-state index in [9.17, 15) is 14.4 Å². The highest BCUT2D eigenvalue weighted by Gasteiger charge is 2.42. The number of hydrogen-bond acceptors (Lipinski definition) is 4. The highest BCUT2D eigenvalue weighted by atomic mass is 35.5. The molecule has 0 bridgehead atoms. The van der Waals surface area contributed by atoms with Gasteiger partial charge in [0.1, 0.15) is 6.54 Å². The van der Waals surface area contributed by atoms with Crippen LogP contribution in [0.4, 0.5) is 15.3 Å². The van der Waals surface area contributed by atoms with Crippen molar-refractivity contribution in [2.24, 2.45) is 11.5 Å². The maximum absolute atomic E-state index is 12.6. The Kier molecular flexibility index (Phi) is 6.85. The number of rotatable bonds is 2. The van der Waals surface area contributed by atoms with Gasteiger partial charge in [-0.3, -0.25) is 14.5 Å². The van der Waals surface area contributed by atoms with E-state index in [0.29, 0.717) is 15.6 Å². The number of carbonyl (C=O) groups excluding carboxylic acids is 4. The van der Waals surface area contributed by atoms with Gasteiger partial charge in [-0.25, -0.2) is 9.59 Å². The molecule has 0 saturated carbocycles. The van der Waals surface area contributed by atoms with Crippen LogP contribution in [0.1, 0.15) is 10.4 Å². The summed E-state index contributed by atoms with van der Waals surface area (Å²) in [6.07, 6.45) is 0. The first-order valence-electron chi connectivity index (χ1n) is 7.56. The number of primary amides is 2. The molecule has 4 N–H and O–H groups in total. The van der Waals surface area contributed by atoms with Crippen LogP contribution in [-0.4, -0.2) is 35.3 Å². The molecule has 0 aliphatic carbocycles. The second kappa shape index (κ2) is 8.92. The van der Waals surface area contributed by atoms with E-state index in [1.54, 1.807) is 30.3 Å². The van der Waals surface area contributed by atoms with Crippen molar-refractivity contribution in [1.82, 2.24) is 4.90 Å². The van der Waals surface area contributed by atoms with Gasteiger partial charge in [0.15, 0.2) is 0 Å². The number of anilines is 1. The quantitative estimate of drug-likeness (QED) is 0.545. The van der Waals surface area contributed by atoms with Gasteiger partial charge in [0, 0.05) is 10.7 Å². The van der Waals surface area contributed by atoms with Crippen LogP contribution < -0.4 is 16.4 Å². The summed E-state index contributed by atoms with van der Waals surface area (Å²) in [4.78, 5) is 48.1. The van der Waals surface area contributed by atoms with Crippen LogP contribution in [0.15, 0.2) is 42.5 Å². The molecule has 1 aliphatic rings. The third-order valence-corrected chi connectivity index (χ3v) is 4.36. The van der Waals surface area contributed by atoms with Gasteiger partial charge in [-0.05, 0) is 36.4 Å². The summed E-state index contributed by atoms with van der Waals surface area (Å²) < 4.78 is 0. The SMILES string of the molecule is NC(N)=O.O=C1CN(c2ccc(Cl)cc2)C(=O)N1C(=O)c1c(Cl)cccc1Cl. The number of nitrogens with two attached hydrogens (primary N) is 2. The molecule has 146 valence electrons. The molecule has 2 aromatic carbocycles. The molecule has 28 heavy (non-hydrogen) atoms. The number of carbonyl (C=O) groups is 4. The molecular weight excluding hydrogens is 431 g/mol. The van der Waals surface area contributed by atoms with Crippen LogP contribution in [-0.2, 0) is 4.79 Å². The first kappa shape index (κ1) is 21.5. The van der Waals surface area contributed by atoms with Gasteiger partial charge in [-0.1, -0.05) is 40.9 Å². The Morgan fingerprint density at radius 2 is 1.39 bits per heavy atom. The van der Waals surface area contributed by atoms with Crippen LogP contribution in [0, 0.1) is 0 Å². The van der Waals surface area contributed by atoms with Crippen LogP contribution in [0.2, 0.25) is 15.1 Å². The van der Waals surface area contributed by atoms with Crippen LogP contribution >= 0.6 is 34.8 Å². The fourth-order valence-electron chi connectivity index (χ4n) is 2.34. The second-order valence-electron chi connectivity index (χ2n) is 5.38. The predicted octanol–water partition coefficient (Wildman–Crippen LogP) is 3.28. The fraction of sp³-hybridized carbons (Fsp3) is 0.0588. The van der Waals surface area contributed by atoms with E-state index in [2.05, 4.69) is 11.5 Å². The monoisotopic (exact) mass is 442 g/mol. The van der Waals surface area contributed by atoms with Crippen LogP contribution in [0.3, 0.4) is 0 Å². The van der Waals surface area contributed by atoms with E-state index >= 15 is 0 Å². The van der Waals surface area contributed by atoms with Gasteiger partial charge in [0.2, 0.25) is 0 Å². The molecule has 0 atom stereocenters. The van der Waals surface area contributed by atoms with Gasteiger partial charge in [-0.2, -0.15) is 4.90 Å². The number of imide groups is 3. The molecule has 2 aromatic rings. The summed E-state index contributed by atoms with van der Waals surface area (Å²) in [5.41, 5.74) is 8.87. The molecule has 1 heterocycles. The number of nitrogens with zero attached hydrogens (tertiary/aromatic N) is 2.